The van der Waals surface area contributed by atoms with Crippen LogP contribution in [0.5, 0.6) is 0 Å². The Morgan fingerprint density at radius 1 is 1.07 bits per heavy atom. The first kappa shape index (κ1) is 18.1. The van der Waals surface area contributed by atoms with Crippen LogP contribution in [0.3, 0.4) is 0 Å². The van der Waals surface area contributed by atoms with Crippen LogP contribution in [0, 0.1) is 13.8 Å². The maximum Gasteiger partial charge on any atom is 0.248 e. The Hall–Kier alpha value is -3.67. The van der Waals surface area contributed by atoms with E-state index in [9.17, 15) is 9.59 Å². The van der Waals surface area contributed by atoms with Crippen molar-refractivity contribution in [3.05, 3.63) is 83.2 Å². The summed E-state index contributed by atoms with van der Waals surface area (Å²) in [7, 11) is 0. The van der Waals surface area contributed by atoms with Crippen molar-refractivity contribution < 1.29 is 9.59 Å². The molecule has 2 amide bonds. The summed E-state index contributed by atoms with van der Waals surface area (Å²) < 4.78 is 1.85. The van der Waals surface area contributed by atoms with Gasteiger partial charge in [-0.2, -0.15) is 5.10 Å². The number of rotatable bonds is 5. The molecule has 0 atom stereocenters. The maximum absolute atomic E-state index is 12.2. The van der Waals surface area contributed by atoms with Crippen molar-refractivity contribution in [1.82, 2.24) is 9.78 Å². The molecule has 3 aromatic rings. The van der Waals surface area contributed by atoms with Gasteiger partial charge in [0.05, 0.1) is 11.4 Å². The number of nitrogens with two attached hydrogens (primary N) is 1. The molecular formula is C21H20N4O2. The first-order chi connectivity index (χ1) is 13.0. The van der Waals surface area contributed by atoms with Crippen LogP contribution in [0.4, 0.5) is 5.69 Å². The number of anilines is 1. The number of nitrogens with one attached hydrogen (secondary N) is 1. The number of para-hydroxylation sites is 1. The van der Waals surface area contributed by atoms with E-state index >= 15 is 0 Å². The third-order valence-electron chi connectivity index (χ3n) is 4.16. The Labute approximate surface area is 157 Å². The number of nitrogens with zero attached hydrogens (tertiary/aromatic N) is 2. The highest BCUT2D eigenvalue weighted by atomic mass is 16.1. The number of primary amides is 1. The number of carbonyl (C=O) groups is 2. The summed E-state index contributed by atoms with van der Waals surface area (Å²) in [5.74, 6) is -0.843. The van der Waals surface area contributed by atoms with Gasteiger partial charge >= 0.3 is 0 Å². The van der Waals surface area contributed by atoms with E-state index in [0.717, 1.165) is 22.6 Å². The number of amides is 2. The molecule has 1 aromatic heterocycles. The molecule has 1 heterocycles. The van der Waals surface area contributed by atoms with E-state index in [2.05, 4.69) is 10.4 Å². The molecule has 27 heavy (non-hydrogen) atoms. The zero-order valence-corrected chi connectivity index (χ0v) is 15.1. The van der Waals surface area contributed by atoms with Crippen LogP contribution in [-0.2, 0) is 4.79 Å². The maximum atomic E-state index is 12.2. The largest absolute Gasteiger partial charge is 0.366 e. The fourth-order valence-corrected chi connectivity index (χ4v) is 2.81. The molecule has 0 aliphatic rings. The highest BCUT2D eigenvalue weighted by molar-refractivity contribution is 6.03. The Morgan fingerprint density at radius 3 is 2.52 bits per heavy atom. The lowest BCUT2D eigenvalue weighted by Gasteiger charge is -2.04. The second-order valence-corrected chi connectivity index (χ2v) is 6.10. The van der Waals surface area contributed by atoms with Gasteiger partial charge in [-0.05, 0) is 50.3 Å². The second kappa shape index (κ2) is 7.70. The highest BCUT2D eigenvalue weighted by Gasteiger charge is 2.11. The normalized spacial score (nSPS) is 10.9. The molecule has 0 spiro atoms. The summed E-state index contributed by atoms with van der Waals surface area (Å²) >= 11 is 0. The number of carbonyl (C=O) groups excluding carboxylic acids is 2. The summed E-state index contributed by atoms with van der Waals surface area (Å²) in [6.45, 7) is 3.86. The van der Waals surface area contributed by atoms with E-state index in [-0.39, 0.29) is 5.91 Å². The number of hydrogen-bond acceptors (Lipinski definition) is 3. The minimum atomic E-state index is -0.541. The average molecular weight is 360 g/mol. The second-order valence-electron chi connectivity index (χ2n) is 6.10. The third kappa shape index (κ3) is 4.12. The van der Waals surface area contributed by atoms with Crippen LogP contribution in [0.15, 0.2) is 60.7 Å². The first-order valence-electron chi connectivity index (χ1n) is 8.46. The molecule has 136 valence electrons. The van der Waals surface area contributed by atoms with Crippen LogP contribution in [0.2, 0.25) is 0 Å². The Bertz CT molecular complexity index is 1020. The molecule has 3 rings (SSSR count). The van der Waals surface area contributed by atoms with Crippen LogP contribution >= 0.6 is 0 Å². The van der Waals surface area contributed by atoms with Gasteiger partial charge in [-0.15, -0.1) is 0 Å². The molecule has 3 N–H and O–H groups in total. The monoisotopic (exact) mass is 360 g/mol. The van der Waals surface area contributed by atoms with Crippen molar-refractivity contribution in [2.75, 3.05) is 5.32 Å². The van der Waals surface area contributed by atoms with Crippen molar-refractivity contribution >= 4 is 23.6 Å². The Kier molecular flexibility index (Phi) is 5.17. The number of benzene rings is 2. The van der Waals surface area contributed by atoms with E-state index in [1.54, 1.807) is 24.3 Å². The molecule has 0 radical (unpaired) electrons. The SMILES string of the molecule is Cc1nn(-c2ccccc2)c(C)c1/C=C/C(=O)Nc1cccc(C(N)=O)c1. The fourth-order valence-electron chi connectivity index (χ4n) is 2.81. The van der Waals surface area contributed by atoms with Crippen LogP contribution < -0.4 is 11.1 Å². The lowest BCUT2D eigenvalue weighted by Crippen LogP contribution is -2.12. The molecule has 0 unspecified atom stereocenters. The summed E-state index contributed by atoms with van der Waals surface area (Å²) in [4.78, 5) is 23.5. The topological polar surface area (TPSA) is 90.0 Å². The summed E-state index contributed by atoms with van der Waals surface area (Å²) in [5.41, 5.74) is 9.73. The van der Waals surface area contributed by atoms with Gasteiger partial charge in [0.2, 0.25) is 11.8 Å². The molecule has 0 fully saturated rings. The van der Waals surface area contributed by atoms with E-state index < -0.39 is 5.91 Å². The van der Waals surface area contributed by atoms with Gasteiger partial charge in [-0.25, -0.2) is 4.68 Å². The number of aryl methyl sites for hydroxylation is 1. The van der Waals surface area contributed by atoms with Crippen LogP contribution in [0.25, 0.3) is 11.8 Å². The lowest BCUT2D eigenvalue weighted by molar-refractivity contribution is -0.111. The van der Waals surface area contributed by atoms with Gasteiger partial charge in [0.25, 0.3) is 0 Å². The van der Waals surface area contributed by atoms with E-state index in [4.69, 9.17) is 5.73 Å². The number of aromatic nitrogens is 2. The summed E-state index contributed by atoms with van der Waals surface area (Å²) in [6, 6.07) is 16.3. The zero-order chi connectivity index (χ0) is 19.4. The lowest BCUT2D eigenvalue weighted by atomic mass is 10.1. The molecule has 2 aromatic carbocycles. The molecule has 6 nitrogen and oxygen atoms in total. The average Bonchev–Trinajstić information content (AvgIpc) is 2.95. The molecule has 6 heteroatoms. The molecule has 0 saturated carbocycles. The molecular weight excluding hydrogens is 340 g/mol. The standard InChI is InChI=1S/C21H20N4O2/c1-14-19(15(2)25(24-14)18-9-4-3-5-10-18)11-12-20(26)23-17-8-6-7-16(13-17)21(22)27/h3-13H,1-2H3,(H2,22,27)(H,23,26)/b12-11+. The van der Waals surface area contributed by atoms with Crippen LogP contribution in [-0.4, -0.2) is 21.6 Å². The van der Waals surface area contributed by atoms with Gasteiger partial charge in [-0.1, -0.05) is 24.3 Å². The molecule has 0 saturated heterocycles. The van der Waals surface area contributed by atoms with Crippen molar-refractivity contribution in [2.45, 2.75) is 13.8 Å². The summed E-state index contributed by atoms with van der Waals surface area (Å²) in [5, 5.41) is 7.28. The van der Waals surface area contributed by atoms with E-state index in [1.165, 1.54) is 12.1 Å². The van der Waals surface area contributed by atoms with Crippen molar-refractivity contribution in [1.29, 1.82) is 0 Å². The van der Waals surface area contributed by atoms with E-state index in [0.29, 0.717) is 11.3 Å². The van der Waals surface area contributed by atoms with Crippen molar-refractivity contribution in [2.24, 2.45) is 5.73 Å². The molecule has 0 bridgehead atoms. The Morgan fingerprint density at radius 2 is 1.81 bits per heavy atom. The predicted molar refractivity (Wildman–Crippen MR) is 106 cm³/mol. The first-order valence-corrected chi connectivity index (χ1v) is 8.46. The van der Waals surface area contributed by atoms with Gasteiger partial charge in [0, 0.05) is 28.6 Å². The molecule has 0 aliphatic heterocycles. The minimum absolute atomic E-state index is 0.303. The smallest absolute Gasteiger partial charge is 0.248 e. The van der Waals surface area contributed by atoms with Gasteiger partial charge in [0.1, 0.15) is 0 Å². The number of hydrogen-bond donors (Lipinski definition) is 2. The zero-order valence-electron chi connectivity index (χ0n) is 15.1. The van der Waals surface area contributed by atoms with Gasteiger partial charge < -0.3 is 11.1 Å². The predicted octanol–water partition coefficient (Wildman–Crippen LogP) is 3.24. The fraction of sp³-hybridized carbons (Fsp3) is 0.0952. The van der Waals surface area contributed by atoms with Crippen molar-refractivity contribution in [3.8, 4) is 5.69 Å². The summed E-state index contributed by atoms with van der Waals surface area (Å²) in [6.07, 6.45) is 3.19. The minimum Gasteiger partial charge on any atom is -0.366 e. The van der Waals surface area contributed by atoms with Gasteiger partial charge in [0.15, 0.2) is 0 Å². The Balaban J connectivity index is 1.78. The van der Waals surface area contributed by atoms with Gasteiger partial charge in [-0.3, -0.25) is 9.59 Å². The van der Waals surface area contributed by atoms with E-state index in [1.807, 2.05) is 48.9 Å². The quantitative estimate of drug-likeness (QED) is 0.685. The third-order valence-corrected chi connectivity index (χ3v) is 4.16. The highest BCUT2D eigenvalue weighted by Crippen LogP contribution is 2.19. The molecule has 0 aliphatic carbocycles. The van der Waals surface area contributed by atoms with Crippen LogP contribution in [0.1, 0.15) is 27.3 Å². The van der Waals surface area contributed by atoms with Crippen molar-refractivity contribution in [3.63, 3.8) is 0 Å².